The van der Waals surface area contributed by atoms with Crippen molar-refractivity contribution in [2.24, 2.45) is 5.92 Å². The highest BCUT2D eigenvalue weighted by atomic mass is 15.8. The summed E-state index contributed by atoms with van der Waals surface area (Å²) in [6, 6.07) is 0. The average molecular weight is 260 g/mol. The summed E-state index contributed by atoms with van der Waals surface area (Å²) < 4.78 is 0. The van der Waals surface area contributed by atoms with Crippen LogP contribution in [0, 0.1) is 5.92 Å². The van der Waals surface area contributed by atoms with E-state index in [1.807, 2.05) is 12.1 Å². The van der Waals surface area contributed by atoms with Crippen LogP contribution in [-0.4, -0.2) is 30.8 Å². The van der Waals surface area contributed by atoms with Crippen molar-refractivity contribution in [3.05, 3.63) is 0 Å². The van der Waals surface area contributed by atoms with Crippen LogP contribution in [0.4, 0.5) is 0 Å². The predicted octanol–water partition coefficient (Wildman–Crippen LogP) is 0.718. The van der Waals surface area contributed by atoms with Gasteiger partial charge in [-0.15, -0.1) is 0 Å². The number of hydrazine groups is 4. The fraction of sp³-hybridized carbons (Fsp3) is 1.00. The zero-order valence-electron chi connectivity index (χ0n) is 12.9. The first-order valence-electron chi connectivity index (χ1n) is 6.86. The van der Waals surface area contributed by atoms with Crippen molar-refractivity contribution >= 4 is 0 Å². The molecule has 6 heteroatoms. The molecule has 0 unspecified atom stereocenters. The molecule has 0 bridgehead atoms. The molecule has 0 aliphatic heterocycles. The van der Waals surface area contributed by atoms with Gasteiger partial charge in [0.05, 0.1) is 5.66 Å². The Morgan fingerprint density at radius 1 is 1.17 bits per heavy atom. The van der Waals surface area contributed by atoms with E-state index in [0.717, 1.165) is 13.1 Å². The van der Waals surface area contributed by atoms with Gasteiger partial charge in [0.25, 0.3) is 0 Å². The molecule has 6 nitrogen and oxygen atoms in total. The van der Waals surface area contributed by atoms with Crippen molar-refractivity contribution in [3.8, 4) is 0 Å². The molecule has 0 fully saturated rings. The lowest BCUT2D eigenvalue weighted by atomic mass is 10.2. The topological polar surface area (TPSA) is 63.4 Å². The summed E-state index contributed by atoms with van der Waals surface area (Å²) in [7, 11) is 2.01. The van der Waals surface area contributed by atoms with Crippen LogP contribution in [0.15, 0.2) is 0 Å². The maximum Gasteiger partial charge on any atom is 0.0773 e. The Labute approximate surface area is 112 Å². The molecule has 110 valence electrons. The van der Waals surface area contributed by atoms with Gasteiger partial charge in [0, 0.05) is 13.6 Å². The SMILES string of the molecule is CCCCN(C)NNNNC(C)(C)NCC(C)C. The summed E-state index contributed by atoms with van der Waals surface area (Å²) >= 11 is 0. The van der Waals surface area contributed by atoms with Gasteiger partial charge in [0.15, 0.2) is 0 Å². The minimum absolute atomic E-state index is 0.166. The van der Waals surface area contributed by atoms with Crippen LogP contribution in [0.2, 0.25) is 0 Å². The Bertz CT molecular complexity index is 195. The molecule has 0 atom stereocenters. The van der Waals surface area contributed by atoms with Crippen molar-refractivity contribution in [1.29, 1.82) is 0 Å². The van der Waals surface area contributed by atoms with Crippen molar-refractivity contribution < 1.29 is 0 Å². The van der Waals surface area contributed by atoms with E-state index >= 15 is 0 Å². The van der Waals surface area contributed by atoms with E-state index in [2.05, 4.69) is 62.0 Å². The Hall–Kier alpha value is -0.240. The van der Waals surface area contributed by atoms with E-state index in [4.69, 9.17) is 0 Å². The number of hydrogen-bond donors (Lipinski definition) is 5. The highest BCUT2D eigenvalue weighted by molar-refractivity contribution is 4.71. The highest BCUT2D eigenvalue weighted by Gasteiger charge is 2.15. The smallest absolute Gasteiger partial charge is 0.0773 e. The minimum Gasteiger partial charge on any atom is -0.298 e. The third-order valence-corrected chi connectivity index (χ3v) is 2.48. The molecule has 0 radical (unpaired) electrons. The van der Waals surface area contributed by atoms with Crippen LogP contribution in [0.5, 0.6) is 0 Å². The fourth-order valence-corrected chi connectivity index (χ4v) is 1.27. The Morgan fingerprint density at radius 2 is 1.83 bits per heavy atom. The first-order valence-corrected chi connectivity index (χ1v) is 6.86. The molecule has 0 amide bonds. The molecule has 0 aromatic heterocycles. The predicted molar refractivity (Wildman–Crippen MR) is 77.0 cm³/mol. The van der Waals surface area contributed by atoms with Crippen molar-refractivity contribution in [2.75, 3.05) is 20.1 Å². The third kappa shape index (κ3) is 10.9. The molecule has 0 aromatic carbocycles. The Balaban J connectivity index is 3.57. The summed E-state index contributed by atoms with van der Waals surface area (Å²) in [4.78, 5) is 0. The lowest BCUT2D eigenvalue weighted by molar-refractivity contribution is 0.135. The summed E-state index contributed by atoms with van der Waals surface area (Å²) in [5, 5.41) is 5.43. The van der Waals surface area contributed by atoms with Crippen LogP contribution in [0.25, 0.3) is 0 Å². The molecule has 0 heterocycles. The number of rotatable bonds is 11. The van der Waals surface area contributed by atoms with Gasteiger partial charge < -0.3 is 0 Å². The normalized spacial score (nSPS) is 12.7. The van der Waals surface area contributed by atoms with E-state index in [-0.39, 0.29) is 5.66 Å². The molecule has 18 heavy (non-hydrogen) atoms. The molecule has 0 saturated heterocycles. The second-order valence-corrected chi connectivity index (χ2v) is 5.66. The Kier molecular flexibility index (Phi) is 9.53. The summed E-state index contributed by atoms with van der Waals surface area (Å²) in [6.45, 7) is 12.7. The van der Waals surface area contributed by atoms with Gasteiger partial charge in [-0.05, 0) is 32.7 Å². The van der Waals surface area contributed by atoms with Crippen LogP contribution in [0.3, 0.4) is 0 Å². The largest absolute Gasteiger partial charge is 0.298 e. The molecule has 0 rings (SSSR count). The zero-order valence-corrected chi connectivity index (χ0v) is 12.9. The minimum atomic E-state index is -0.166. The van der Waals surface area contributed by atoms with Gasteiger partial charge in [0.2, 0.25) is 0 Å². The summed E-state index contributed by atoms with van der Waals surface area (Å²) in [5.41, 5.74) is 11.9. The number of hydrogen-bond acceptors (Lipinski definition) is 6. The zero-order chi connectivity index (χ0) is 14.0. The molecule has 0 aromatic rings. The Morgan fingerprint density at radius 3 is 2.39 bits per heavy atom. The van der Waals surface area contributed by atoms with Gasteiger partial charge in [-0.1, -0.05) is 27.2 Å². The number of nitrogens with one attached hydrogen (secondary N) is 5. The third-order valence-electron chi connectivity index (χ3n) is 2.48. The van der Waals surface area contributed by atoms with Crippen molar-refractivity contribution in [2.45, 2.75) is 53.1 Å². The van der Waals surface area contributed by atoms with Crippen molar-refractivity contribution in [1.82, 2.24) is 32.4 Å². The lowest BCUT2D eigenvalue weighted by Gasteiger charge is -2.30. The van der Waals surface area contributed by atoms with Crippen molar-refractivity contribution in [3.63, 3.8) is 0 Å². The first kappa shape index (κ1) is 17.8. The second kappa shape index (κ2) is 9.66. The first-order chi connectivity index (χ1) is 8.37. The molecule has 0 spiro atoms. The molecule has 0 saturated carbocycles. The summed E-state index contributed by atoms with van der Waals surface area (Å²) in [5.74, 6) is 0.636. The second-order valence-electron chi connectivity index (χ2n) is 5.66. The molecular weight excluding hydrogens is 228 g/mol. The molecule has 5 N–H and O–H groups in total. The van der Waals surface area contributed by atoms with Crippen LogP contribution in [-0.2, 0) is 0 Å². The molecule has 0 aliphatic rings. The van der Waals surface area contributed by atoms with Crippen LogP contribution >= 0.6 is 0 Å². The van der Waals surface area contributed by atoms with Gasteiger partial charge in [-0.25, -0.2) is 10.4 Å². The van der Waals surface area contributed by atoms with E-state index in [1.54, 1.807) is 0 Å². The lowest BCUT2D eigenvalue weighted by Crippen LogP contribution is -2.64. The van der Waals surface area contributed by atoms with Gasteiger partial charge in [0.1, 0.15) is 0 Å². The van der Waals surface area contributed by atoms with Gasteiger partial charge in [-0.3, -0.25) is 5.32 Å². The summed E-state index contributed by atoms with van der Waals surface area (Å²) in [6.07, 6.45) is 2.38. The fourth-order valence-electron chi connectivity index (χ4n) is 1.27. The van der Waals surface area contributed by atoms with Gasteiger partial charge >= 0.3 is 0 Å². The average Bonchev–Trinajstić information content (AvgIpc) is 2.30. The maximum absolute atomic E-state index is 3.43. The van der Waals surface area contributed by atoms with E-state index in [9.17, 15) is 0 Å². The monoisotopic (exact) mass is 260 g/mol. The van der Waals surface area contributed by atoms with E-state index in [0.29, 0.717) is 5.92 Å². The number of unbranched alkanes of at least 4 members (excludes halogenated alkanes) is 1. The number of nitrogens with zero attached hydrogens (tertiary/aromatic N) is 1. The standard InChI is InChI=1S/C12H32N6/c1-7-8-9-18(6)17-16-15-14-12(4,5)13-10-11(2)3/h11,13-17H,7-10H2,1-6H3. The van der Waals surface area contributed by atoms with Crippen LogP contribution < -0.4 is 27.3 Å². The molecule has 0 aliphatic carbocycles. The van der Waals surface area contributed by atoms with Crippen LogP contribution in [0.1, 0.15) is 47.5 Å². The van der Waals surface area contributed by atoms with E-state index < -0.39 is 0 Å². The highest BCUT2D eigenvalue weighted by Crippen LogP contribution is 1.96. The van der Waals surface area contributed by atoms with Gasteiger partial charge in [-0.2, -0.15) is 16.6 Å². The molecular formula is C12H32N6. The maximum atomic E-state index is 3.43. The van der Waals surface area contributed by atoms with E-state index in [1.165, 1.54) is 12.8 Å². The quantitative estimate of drug-likeness (QED) is 0.214.